The number of rotatable bonds is 5. The first-order valence-corrected chi connectivity index (χ1v) is 8.92. The average Bonchev–Trinajstić information content (AvgIpc) is 3.40. The minimum absolute atomic E-state index is 0.0382. The van der Waals surface area contributed by atoms with E-state index in [2.05, 4.69) is 16.9 Å². The molecule has 1 aromatic rings. The molecule has 6 nitrogen and oxygen atoms in total. The summed E-state index contributed by atoms with van der Waals surface area (Å²) in [6, 6.07) is -0.362. The lowest BCUT2D eigenvalue weighted by molar-refractivity contribution is -0.138. The quantitative estimate of drug-likeness (QED) is 0.829. The zero-order valence-corrected chi connectivity index (χ0v) is 14.8. The molecule has 2 amide bonds. The van der Waals surface area contributed by atoms with Crippen LogP contribution in [0.5, 0.6) is 0 Å². The third kappa shape index (κ3) is 3.28. The summed E-state index contributed by atoms with van der Waals surface area (Å²) in [4.78, 5) is 37.9. The highest BCUT2D eigenvalue weighted by Gasteiger charge is 2.36. The Hall–Kier alpha value is -1.98. The van der Waals surface area contributed by atoms with E-state index >= 15 is 0 Å². The highest BCUT2D eigenvalue weighted by molar-refractivity contribution is 5.98. The second-order valence-corrected chi connectivity index (χ2v) is 6.92. The van der Waals surface area contributed by atoms with E-state index in [1.54, 1.807) is 16.0 Å². The van der Waals surface area contributed by atoms with Gasteiger partial charge in [-0.05, 0) is 26.2 Å². The minimum atomic E-state index is -0.362. The number of amides is 2. The van der Waals surface area contributed by atoms with Gasteiger partial charge in [0.15, 0.2) is 0 Å². The van der Waals surface area contributed by atoms with Gasteiger partial charge in [0.2, 0.25) is 5.91 Å². The van der Waals surface area contributed by atoms with E-state index in [0.717, 1.165) is 37.2 Å². The smallest absolute Gasteiger partial charge is 0.258 e. The first kappa shape index (κ1) is 16.9. The highest BCUT2D eigenvalue weighted by atomic mass is 16.2. The van der Waals surface area contributed by atoms with Crippen LogP contribution in [0.15, 0.2) is 6.20 Å². The summed E-state index contributed by atoms with van der Waals surface area (Å²) in [6.07, 6.45) is 6.58. The number of hydrogen-bond donors (Lipinski definition) is 0. The Morgan fingerprint density at radius 3 is 2.71 bits per heavy atom. The molecule has 0 N–H and O–H groups in total. The number of unbranched alkanes of at least 4 members (excludes halogenated alkanes) is 1. The van der Waals surface area contributed by atoms with Crippen LogP contribution in [0.3, 0.4) is 0 Å². The topological polar surface area (TPSA) is 66.4 Å². The number of piperazine rings is 1. The monoisotopic (exact) mass is 330 g/mol. The number of nitrogens with zero attached hydrogens (tertiary/aromatic N) is 4. The molecule has 0 aromatic carbocycles. The Bertz CT molecular complexity index is 642. The van der Waals surface area contributed by atoms with E-state index in [0.29, 0.717) is 31.0 Å². The second kappa shape index (κ2) is 6.87. The third-order valence-electron chi connectivity index (χ3n) is 4.98. The van der Waals surface area contributed by atoms with Crippen molar-refractivity contribution >= 4 is 11.8 Å². The Labute approximate surface area is 143 Å². The Balaban J connectivity index is 1.82. The van der Waals surface area contributed by atoms with Crippen LogP contribution in [0.25, 0.3) is 0 Å². The van der Waals surface area contributed by atoms with Gasteiger partial charge in [-0.1, -0.05) is 19.8 Å². The largest absolute Gasteiger partial charge is 0.342 e. The molecule has 1 atom stereocenters. The van der Waals surface area contributed by atoms with Gasteiger partial charge in [0, 0.05) is 32.3 Å². The van der Waals surface area contributed by atoms with Gasteiger partial charge in [-0.15, -0.1) is 0 Å². The van der Waals surface area contributed by atoms with Crippen molar-refractivity contribution in [2.75, 3.05) is 20.1 Å². The van der Waals surface area contributed by atoms with Gasteiger partial charge in [0.1, 0.15) is 11.9 Å². The number of aromatic nitrogens is 2. The average molecular weight is 330 g/mol. The van der Waals surface area contributed by atoms with Crippen LogP contribution < -0.4 is 0 Å². The van der Waals surface area contributed by atoms with E-state index < -0.39 is 0 Å². The van der Waals surface area contributed by atoms with Gasteiger partial charge in [-0.3, -0.25) is 9.59 Å². The molecule has 1 aliphatic heterocycles. The van der Waals surface area contributed by atoms with Crippen LogP contribution in [0.1, 0.15) is 66.8 Å². The van der Waals surface area contributed by atoms with Gasteiger partial charge in [0.25, 0.3) is 5.91 Å². The molecule has 3 rings (SSSR count). The fourth-order valence-electron chi connectivity index (χ4n) is 3.22. The Kier molecular flexibility index (Phi) is 4.83. The van der Waals surface area contributed by atoms with Crippen molar-refractivity contribution in [1.29, 1.82) is 0 Å². The predicted octanol–water partition coefficient (Wildman–Crippen LogP) is 2.14. The Morgan fingerprint density at radius 1 is 1.33 bits per heavy atom. The summed E-state index contributed by atoms with van der Waals surface area (Å²) in [6.45, 7) is 5.10. The van der Waals surface area contributed by atoms with E-state index in [4.69, 9.17) is 0 Å². The summed E-state index contributed by atoms with van der Waals surface area (Å²) in [5.41, 5.74) is 1.25. The summed E-state index contributed by atoms with van der Waals surface area (Å²) in [5.74, 6) is 1.24. The minimum Gasteiger partial charge on any atom is -0.342 e. The zero-order chi connectivity index (χ0) is 17.3. The highest BCUT2D eigenvalue weighted by Crippen LogP contribution is 2.38. The SMILES string of the molecule is CCCC[C@@H]1C(=O)N(C)CCN1C(=O)c1cnc(C2CC2)nc1C. The number of aryl methyl sites for hydroxylation is 1. The standard InChI is InChI=1S/C18H26N4O2/c1-4-5-6-15-18(24)21(3)9-10-22(15)17(23)14-11-19-16(13-7-8-13)20-12(14)2/h11,13,15H,4-10H2,1-3H3/t15-/m1/s1. The Morgan fingerprint density at radius 2 is 2.08 bits per heavy atom. The van der Waals surface area contributed by atoms with Gasteiger partial charge < -0.3 is 9.80 Å². The second-order valence-electron chi connectivity index (χ2n) is 6.92. The molecule has 24 heavy (non-hydrogen) atoms. The first-order valence-electron chi connectivity index (χ1n) is 8.92. The molecule has 0 bridgehead atoms. The van der Waals surface area contributed by atoms with Crippen molar-refractivity contribution in [3.8, 4) is 0 Å². The molecule has 2 aliphatic rings. The first-order chi connectivity index (χ1) is 11.5. The fourth-order valence-corrected chi connectivity index (χ4v) is 3.22. The maximum atomic E-state index is 13.0. The van der Waals surface area contributed by atoms with E-state index in [1.807, 2.05) is 14.0 Å². The number of carbonyl (C=O) groups is 2. The molecule has 1 aromatic heterocycles. The normalized spacial score (nSPS) is 21.3. The summed E-state index contributed by atoms with van der Waals surface area (Å²) in [7, 11) is 1.81. The van der Waals surface area contributed by atoms with Crippen molar-refractivity contribution in [1.82, 2.24) is 19.8 Å². The van der Waals surface area contributed by atoms with Gasteiger partial charge in [-0.2, -0.15) is 0 Å². The molecule has 6 heteroatoms. The van der Waals surface area contributed by atoms with Crippen LogP contribution in [0.2, 0.25) is 0 Å². The van der Waals surface area contributed by atoms with Crippen molar-refractivity contribution in [2.45, 2.75) is 57.9 Å². The molecule has 1 saturated carbocycles. The molecule has 1 aliphatic carbocycles. The van der Waals surface area contributed by atoms with Crippen LogP contribution in [0, 0.1) is 6.92 Å². The van der Waals surface area contributed by atoms with E-state index in [1.165, 1.54) is 0 Å². The molecule has 1 saturated heterocycles. The molecule has 130 valence electrons. The van der Waals surface area contributed by atoms with Gasteiger partial charge in [-0.25, -0.2) is 9.97 Å². The van der Waals surface area contributed by atoms with Crippen molar-refractivity contribution in [3.05, 3.63) is 23.3 Å². The molecular weight excluding hydrogens is 304 g/mol. The van der Waals surface area contributed by atoms with Gasteiger partial charge in [0.05, 0.1) is 11.3 Å². The van der Waals surface area contributed by atoms with Crippen molar-refractivity contribution in [2.24, 2.45) is 0 Å². The number of carbonyl (C=O) groups excluding carboxylic acids is 2. The van der Waals surface area contributed by atoms with Crippen LogP contribution in [0.4, 0.5) is 0 Å². The number of hydrogen-bond acceptors (Lipinski definition) is 4. The molecular formula is C18H26N4O2. The van der Waals surface area contributed by atoms with Crippen molar-refractivity contribution < 1.29 is 9.59 Å². The molecule has 0 radical (unpaired) electrons. The van der Waals surface area contributed by atoms with E-state index in [-0.39, 0.29) is 17.9 Å². The summed E-state index contributed by atoms with van der Waals surface area (Å²) in [5, 5.41) is 0. The van der Waals surface area contributed by atoms with Crippen LogP contribution in [-0.4, -0.2) is 57.8 Å². The lowest BCUT2D eigenvalue weighted by Gasteiger charge is -2.39. The molecule has 2 heterocycles. The number of likely N-dealkylation sites (N-methyl/N-ethyl adjacent to an activating group) is 1. The van der Waals surface area contributed by atoms with Crippen molar-refractivity contribution in [3.63, 3.8) is 0 Å². The third-order valence-corrected chi connectivity index (χ3v) is 4.98. The summed E-state index contributed by atoms with van der Waals surface area (Å²) < 4.78 is 0. The molecule has 0 unspecified atom stereocenters. The maximum Gasteiger partial charge on any atom is 0.258 e. The lowest BCUT2D eigenvalue weighted by atomic mass is 10.0. The van der Waals surface area contributed by atoms with Gasteiger partial charge >= 0.3 is 0 Å². The van der Waals surface area contributed by atoms with Crippen LogP contribution >= 0.6 is 0 Å². The van der Waals surface area contributed by atoms with E-state index in [9.17, 15) is 9.59 Å². The lowest BCUT2D eigenvalue weighted by Crippen LogP contribution is -2.57. The maximum absolute atomic E-state index is 13.0. The fraction of sp³-hybridized carbons (Fsp3) is 0.667. The van der Waals surface area contributed by atoms with Crippen LogP contribution in [-0.2, 0) is 4.79 Å². The zero-order valence-electron chi connectivity index (χ0n) is 14.8. The predicted molar refractivity (Wildman–Crippen MR) is 90.7 cm³/mol. The summed E-state index contributed by atoms with van der Waals surface area (Å²) >= 11 is 0. The molecule has 0 spiro atoms. The molecule has 2 fully saturated rings.